The second kappa shape index (κ2) is 5.94. The highest BCUT2D eigenvalue weighted by Gasteiger charge is 2.66. The zero-order valence-electron chi connectivity index (χ0n) is 15.1. The zero-order chi connectivity index (χ0) is 18.7. The summed E-state index contributed by atoms with van der Waals surface area (Å²) < 4.78 is 5.23. The van der Waals surface area contributed by atoms with E-state index >= 15 is 0 Å². The van der Waals surface area contributed by atoms with Crippen LogP contribution in [0.4, 0.5) is 5.69 Å². The number of para-hydroxylation sites is 2. The second-order valence-electron chi connectivity index (χ2n) is 7.98. The Morgan fingerprint density at radius 3 is 2.37 bits per heavy atom. The van der Waals surface area contributed by atoms with Crippen molar-refractivity contribution >= 4 is 23.4 Å². The molecule has 0 unspecified atom stereocenters. The van der Waals surface area contributed by atoms with E-state index in [1.54, 1.807) is 19.2 Å². The van der Waals surface area contributed by atoms with Gasteiger partial charge in [0.05, 0.1) is 24.6 Å². The minimum Gasteiger partial charge on any atom is -0.495 e. The molecule has 1 heterocycles. The molecule has 3 fully saturated rings. The Morgan fingerprint density at radius 1 is 1.11 bits per heavy atom. The van der Waals surface area contributed by atoms with Crippen molar-refractivity contribution in [2.24, 2.45) is 35.5 Å². The Hall–Kier alpha value is -2.63. The van der Waals surface area contributed by atoms with Crippen LogP contribution in [-0.4, -0.2) is 36.3 Å². The molecular formula is C21H22N2O4. The van der Waals surface area contributed by atoms with E-state index < -0.39 is 0 Å². The number of carbonyl (C=O) groups is 3. The van der Waals surface area contributed by atoms with Crippen molar-refractivity contribution in [1.29, 1.82) is 0 Å². The van der Waals surface area contributed by atoms with Crippen LogP contribution < -0.4 is 10.1 Å². The fourth-order valence-corrected chi connectivity index (χ4v) is 5.41. The number of amides is 3. The first kappa shape index (κ1) is 16.5. The number of allylic oxidation sites excluding steroid dienone is 2. The van der Waals surface area contributed by atoms with E-state index in [0.717, 1.165) is 6.42 Å². The molecule has 0 aromatic heterocycles. The molecule has 27 heavy (non-hydrogen) atoms. The Labute approximate surface area is 157 Å². The number of carbonyl (C=O) groups excluding carboxylic acids is 3. The molecule has 2 bridgehead atoms. The standard InChI is InChI=1S/C21H22N2O4/c1-27-16-5-3-2-4-15(16)22-17(24)8-9-23-20(25)18-11-6-7-12(14-10-13(11)14)19(18)21(23)26/h2-7,11-14,18-19H,8-10H2,1H3,(H,22,24)/t11-,12-,13-,14-,18+,19+/m1/s1. The normalized spacial score (nSPS) is 35.1. The Balaban J connectivity index is 1.25. The van der Waals surface area contributed by atoms with Gasteiger partial charge < -0.3 is 10.1 Å². The van der Waals surface area contributed by atoms with Gasteiger partial charge in [-0.3, -0.25) is 19.3 Å². The van der Waals surface area contributed by atoms with Crippen molar-refractivity contribution in [1.82, 2.24) is 4.90 Å². The van der Waals surface area contributed by atoms with E-state index in [1.807, 2.05) is 12.1 Å². The summed E-state index contributed by atoms with van der Waals surface area (Å²) in [5, 5.41) is 2.80. The minimum atomic E-state index is -0.237. The molecule has 3 amide bonds. The highest BCUT2D eigenvalue weighted by molar-refractivity contribution is 6.06. The summed E-state index contributed by atoms with van der Waals surface area (Å²) in [4.78, 5) is 39.5. The maximum absolute atomic E-state index is 12.9. The van der Waals surface area contributed by atoms with Gasteiger partial charge in [-0.2, -0.15) is 0 Å². The maximum atomic E-state index is 12.9. The van der Waals surface area contributed by atoms with Crippen molar-refractivity contribution in [2.75, 3.05) is 19.0 Å². The summed E-state index contributed by atoms with van der Waals surface area (Å²) >= 11 is 0. The molecule has 5 aliphatic rings. The zero-order valence-corrected chi connectivity index (χ0v) is 15.1. The smallest absolute Gasteiger partial charge is 0.233 e. The SMILES string of the molecule is COc1ccccc1NC(=O)CCN1C(=O)[C@H]2[C@@H]3C=C[C@H]([C@H]4C[C@H]34)[C@@H]2C1=O. The fourth-order valence-electron chi connectivity index (χ4n) is 5.41. The first-order valence-electron chi connectivity index (χ1n) is 9.56. The lowest BCUT2D eigenvalue weighted by Gasteiger charge is -2.37. The number of ether oxygens (including phenoxy) is 1. The number of benzene rings is 1. The van der Waals surface area contributed by atoms with Gasteiger partial charge in [-0.1, -0.05) is 24.3 Å². The molecule has 1 aromatic carbocycles. The topological polar surface area (TPSA) is 75.7 Å². The van der Waals surface area contributed by atoms with E-state index in [0.29, 0.717) is 23.3 Å². The fraction of sp³-hybridized carbons (Fsp3) is 0.476. The van der Waals surface area contributed by atoms with E-state index in [2.05, 4.69) is 17.5 Å². The van der Waals surface area contributed by atoms with Crippen LogP contribution in [0, 0.1) is 35.5 Å². The van der Waals surface area contributed by atoms with Crippen LogP contribution in [-0.2, 0) is 14.4 Å². The van der Waals surface area contributed by atoms with Crippen LogP contribution in [0.1, 0.15) is 12.8 Å². The highest BCUT2D eigenvalue weighted by Crippen LogP contribution is 2.65. The number of nitrogens with zero attached hydrogens (tertiary/aromatic N) is 1. The first-order chi connectivity index (χ1) is 13.1. The van der Waals surface area contributed by atoms with Gasteiger partial charge in [0, 0.05) is 13.0 Å². The summed E-state index contributed by atoms with van der Waals surface area (Å²) in [6, 6.07) is 7.16. The number of anilines is 1. The van der Waals surface area contributed by atoms with E-state index in [9.17, 15) is 14.4 Å². The molecule has 6 heteroatoms. The predicted molar refractivity (Wildman–Crippen MR) is 97.7 cm³/mol. The third-order valence-corrected chi connectivity index (χ3v) is 6.70. The van der Waals surface area contributed by atoms with Gasteiger partial charge in [0.2, 0.25) is 17.7 Å². The Bertz CT molecular complexity index is 827. The van der Waals surface area contributed by atoms with Crippen molar-refractivity contribution < 1.29 is 19.1 Å². The molecule has 1 aromatic rings. The molecule has 4 aliphatic carbocycles. The molecule has 140 valence electrons. The molecule has 0 spiro atoms. The molecule has 1 N–H and O–H groups in total. The highest BCUT2D eigenvalue weighted by atomic mass is 16.5. The van der Waals surface area contributed by atoms with Crippen molar-refractivity contribution in [3.63, 3.8) is 0 Å². The van der Waals surface area contributed by atoms with Crippen LogP contribution in [0.25, 0.3) is 0 Å². The molecular weight excluding hydrogens is 344 g/mol. The van der Waals surface area contributed by atoms with Crippen molar-refractivity contribution in [3.05, 3.63) is 36.4 Å². The third kappa shape index (κ3) is 2.42. The summed E-state index contributed by atoms with van der Waals surface area (Å²) in [5.41, 5.74) is 0.583. The average molecular weight is 366 g/mol. The number of methoxy groups -OCH3 is 1. The van der Waals surface area contributed by atoms with Gasteiger partial charge in [0.25, 0.3) is 0 Å². The van der Waals surface area contributed by atoms with Gasteiger partial charge in [-0.25, -0.2) is 0 Å². The van der Waals surface area contributed by atoms with Crippen LogP contribution in [0.5, 0.6) is 5.75 Å². The first-order valence-corrected chi connectivity index (χ1v) is 9.56. The molecule has 1 saturated heterocycles. The average Bonchev–Trinajstić information content (AvgIpc) is 3.46. The number of rotatable bonds is 5. The van der Waals surface area contributed by atoms with Crippen molar-refractivity contribution in [3.8, 4) is 5.75 Å². The quantitative estimate of drug-likeness (QED) is 0.639. The molecule has 0 radical (unpaired) electrons. The number of hydrogen-bond donors (Lipinski definition) is 1. The summed E-state index contributed by atoms with van der Waals surface area (Å²) in [5.74, 6) is 1.38. The number of imide groups is 1. The molecule has 6 nitrogen and oxygen atoms in total. The lowest BCUT2D eigenvalue weighted by atomic mass is 9.63. The number of likely N-dealkylation sites (tertiary alicyclic amines) is 1. The Morgan fingerprint density at radius 2 is 1.74 bits per heavy atom. The van der Waals surface area contributed by atoms with Gasteiger partial charge >= 0.3 is 0 Å². The van der Waals surface area contributed by atoms with Crippen LogP contribution in [0.3, 0.4) is 0 Å². The monoisotopic (exact) mass is 366 g/mol. The molecule has 1 aliphatic heterocycles. The lowest BCUT2D eigenvalue weighted by Crippen LogP contribution is -2.40. The summed E-state index contributed by atoms with van der Waals surface area (Å²) in [7, 11) is 1.54. The van der Waals surface area contributed by atoms with Crippen molar-refractivity contribution in [2.45, 2.75) is 12.8 Å². The van der Waals surface area contributed by atoms with Gasteiger partial charge in [0.1, 0.15) is 5.75 Å². The largest absolute Gasteiger partial charge is 0.495 e. The predicted octanol–water partition coefficient (Wildman–Crippen LogP) is 2.08. The van der Waals surface area contributed by atoms with E-state index in [1.165, 1.54) is 4.90 Å². The Kier molecular flexibility index (Phi) is 3.64. The van der Waals surface area contributed by atoms with Gasteiger partial charge in [0.15, 0.2) is 0 Å². The van der Waals surface area contributed by atoms with Gasteiger partial charge in [-0.05, 0) is 42.2 Å². The molecule has 6 rings (SSSR count). The number of hydrogen-bond acceptors (Lipinski definition) is 4. The summed E-state index contributed by atoms with van der Waals surface area (Å²) in [6.07, 6.45) is 5.55. The van der Waals surface area contributed by atoms with Gasteiger partial charge in [-0.15, -0.1) is 0 Å². The minimum absolute atomic E-state index is 0.0835. The number of nitrogens with one attached hydrogen (secondary N) is 1. The summed E-state index contributed by atoms with van der Waals surface area (Å²) in [6.45, 7) is 0.139. The second-order valence-corrected chi connectivity index (χ2v) is 7.98. The van der Waals surface area contributed by atoms with Crippen LogP contribution in [0.15, 0.2) is 36.4 Å². The van der Waals surface area contributed by atoms with Crippen LogP contribution >= 0.6 is 0 Å². The lowest BCUT2D eigenvalue weighted by molar-refractivity contribution is -0.140. The third-order valence-electron chi connectivity index (χ3n) is 6.70. The van der Waals surface area contributed by atoms with E-state index in [-0.39, 0.29) is 54.4 Å². The maximum Gasteiger partial charge on any atom is 0.233 e. The molecule has 2 saturated carbocycles. The van der Waals surface area contributed by atoms with Crippen LogP contribution in [0.2, 0.25) is 0 Å². The van der Waals surface area contributed by atoms with E-state index in [4.69, 9.17) is 4.74 Å². The molecule has 6 atom stereocenters.